The summed E-state index contributed by atoms with van der Waals surface area (Å²) in [4.78, 5) is 29.9. The maximum atomic E-state index is 13.7. The number of halogens is 1. The number of nitrogens with zero attached hydrogens (tertiary/aromatic N) is 1. The molecule has 0 saturated carbocycles. The zero-order chi connectivity index (χ0) is 25.0. The Bertz CT molecular complexity index is 1090. The fourth-order valence-corrected chi connectivity index (χ4v) is 4.99. The number of benzene rings is 3. The van der Waals surface area contributed by atoms with Gasteiger partial charge >= 0.3 is 0 Å². The Balaban J connectivity index is 1.87. The van der Waals surface area contributed by atoms with Gasteiger partial charge in [-0.05, 0) is 48.7 Å². The van der Waals surface area contributed by atoms with Gasteiger partial charge in [0.15, 0.2) is 0 Å². The minimum absolute atomic E-state index is 0.0536. The molecule has 1 atom stereocenters. The van der Waals surface area contributed by atoms with Crippen molar-refractivity contribution in [1.29, 1.82) is 0 Å². The van der Waals surface area contributed by atoms with Crippen LogP contribution in [0.4, 0.5) is 0 Å². The SMILES string of the molecule is CCCCNC(=O)[C@H](Cc1ccccc1)N(Cc1cccc(Br)c1)C(=O)CSc1ccc(C)cc1. The minimum Gasteiger partial charge on any atom is -0.354 e. The predicted octanol–water partition coefficient (Wildman–Crippen LogP) is 6.41. The molecule has 0 saturated heterocycles. The van der Waals surface area contributed by atoms with E-state index in [2.05, 4.69) is 28.2 Å². The first kappa shape index (κ1) is 27.0. The van der Waals surface area contributed by atoms with E-state index in [9.17, 15) is 9.59 Å². The molecule has 1 N–H and O–H groups in total. The van der Waals surface area contributed by atoms with Crippen LogP contribution in [0.15, 0.2) is 88.2 Å². The predicted molar refractivity (Wildman–Crippen MR) is 148 cm³/mol. The minimum atomic E-state index is -0.598. The highest BCUT2D eigenvalue weighted by molar-refractivity contribution is 9.10. The van der Waals surface area contributed by atoms with Crippen LogP contribution in [0.25, 0.3) is 0 Å². The molecular weight excluding hydrogens is 520 g/mol. The van der Waals surface area contributed by atoms with E-state index in [1.165, 1.54) is 17.3 Å². The van der Waals surface area contributed by atoms with Gasteiger partial charge in [0.1, 0.15) is 6.04 Å². The third kappa shape index (κ3) is 8.86. The monoisotopic (exact) mass is 552 g/mol. The molecule has 3 aromatic carbocycles. The summed E-state index contributed by atoms with van der Waals surface area (Å²) in [5, 5.41) is 3.07. The Morgan fingerprint density at radius 1 is 0.971 bits per heavy atom. The number of carbonyl (C=O) groups is 2. The molecule has 0 aliphatic carbocycles. The number of hydrogen-bond acceptors (Lipinski definition) is 3. The summed E-state index contributed by atoms with van der Waals surface area (Å²) in [6.07, 6.45) is 2.37. The maximum Gasteiger partial charge on any atom is 0.243 e. The van der Waals surface area contributed by atoms with Crippen molar-refractivity contribution in [2.24, 2.45) is 0 Å². The van der Waals surface area contributed by atoms with E-state index >= 15 is 0 Å². The number of hydrogen-bond donors (Lipinski definition) is 1. The number of thioether (sulfide) groups is 1. The lowest BCUT2D eigenvalue weighted by atomic mass is 10.0. The second kappa shape index (κ2) is 14.1. The average Bonchev–Trinajstić information content (AvgIpc) is 2.86. The lowest BCUT2D eigenvalue weighted by Gasteiger charge is -2.31. The molecule has 3 rings (SSSR count). The summed E-state index contributed by atoms with van der Waals surface area (Å²) in [7, 11) is 0. The number of rotatable bonds is 12. The summed E-state index contributed by atoms with van der Waals surface area (Å²) >= 11 is 5.04. The normalized spacial score (nSPS) is 11.6. The molecule has 0 aromatic heterocycles. The second-order valence-corrected chi connectivity index (χ2v) is 10.6. The van der Waals surface area contributed by atoms with Gasteiger partial charge in [-0.25, -0.2) is 0 Å². The van der Waals surface area contributed by atoms with E-state index in [1.54, 1.807) is 4.90 Å². The number of carbonyl (C=O) groups excluding carboxylic acids is 2. The van der Waals surface area contributed by atoms with Gasteiger partial charge in [-0.15, -0.1) is 11.8 Å². The third-order valence-corrected chi connectivity index (χ3v) is 7.22. The van der Waals surface area contributed by atoms with Crippen molar-refractivity contribution in [2.75, 3.05) is 12.3 Å². The lowest BCUT2D eigenvalue weighted by molar-refractivity contribution is -0.139. The molecule has 0 aliphatic heterocycles. The summed E-state index contributed by atoms with van der Waals surface area (Å²) in [6.45, 7) is 5.12. The van der Waals surface area contributed by atoms with Crippen LogP contribution in [-0.2, 0) is 22.6 Å². The number of aryl methyl sites for hydroxylation is 1. The summed E-state index contributed by atoms with van der Waals surface area (Å²) in [5.74, 6) is 0.109. The molecule has 3 aromatic rings. The van der Waals surface area contributed by atoms with Crippen LogP contribution >= 0.6 is 27.7 Å². The van der Waals surface area contributed by atoms with E-state index < -0.39 is 6.04 Å². The molecule has 35 heavy (non-hydrogen) atoms. The summed E-state index contributed by atoms with van der Waals surface area (Å²) in [6, 6.07) is 25.4. The number of amides is 2. The molecule has 0 aliphatic rings. The van der Waals surface area contributed by atoms with E-state index in [4.69, 9.17) is 0 Å². The maximum absolute atomic E-state index is 13.7. The van der Waals surface area contributed by atoms with Crippen LogP contribution in [0.5, 0.6) is 0 Å². The van der Waals surface area contributed by atoms with Crippen molar-refractivity contribution in [3.63, 3.8) is 0 Å². The van der Waals surface area contributed by atoms with Crippen LogP contribution < -0.4 is 5.32 Å². The van der Waals surface area contributed by atoms with Crippen LogP contribution in [0.2, 0.25) is 0 Å². The van der Waals surface area contributed by atoms with E-state index in [0.29, 0.717) is 19.5 Å². The molecule has 0 unspecified atom stereocenters. The highest BCUT2D eigenvalue weighted by atomic mass is 79.9. The van der Waals surface area contributed by atoms with Gasteiger partial charge in [0, 0.05) is 28.9 Å². The van der Waals surface area contributed by atoms with Crippen LogP contribution in [0.1, 0.15) is 36.5 Å². The number of unbranched alkanes of at least 4 members (excludes halogenated alkanes) is 1. The topological polar surface area (TPSA) is 49.4 Å². The zero-order valence-electron chi connectivity index (χ0n) is 20.4. The zero-order valence-corrected chi connectivity index (χ0v) is 22.8. The van der Waals surface area contributed by atoms with Crippen molar-refractivity contribution in [2.45, 2.75) is 50.6 Å². The Kier molecular flexibility index (Phi) is 10.9. The van der Waals surface area contributed by atoms with E-state index in [1.807, 2.05) is 85.8 Å². The first-order valence-electron chi connectivity index (χ1n) is 12.0. The highest BCUT2D eigenvalue weighted by Crippen LogP contribution is 2.22. The van der Waals surface area contributed by atoms with Gasteiger partial charge in [0.2, 0.25) is 11.8 Å². The van der Waals surface area contributed by atoms with Crippen molar-refractivity contribution in [1.82, 2.24) is 10.2 Å². The molecule has 0 radical (unpaired) electrons. The van der Waals surface area contributed by atoms with Gasteiger partial charge in [-0.2, -0.15) is 0 Å². The lowest BCUT2D eigenvalue weighted by Crippen LogP contribution is -2.51. The van der Waals surface area contributed by atoms with Crippen molar-refractivity contribution in [3.8, 4) is 0 Å². The standard InChI is InChI=1S/C29H33BrN2O2S/c1-3-4-17-31-29(34)27(19-23-9-6-5-7-10-23)32(20-24-11-8-12-25(30)18-24)28(33)21-35-26-15-13-22(2)14-16-26/h5-16,18,27H,3-4,17,19-21H2,1-2H3,(H,31,34)/t27-/m0/s1. The molecule has 184 valence electrons. The first-order chi connectivity index (χ1) is 17.0. The summed E-state index contributed by atoms with van der Waals surface area (Å²) in [5.41, 5.74) is 3.19. The molecular formula is C29H33BrN2O2S. The van der Waals surface area contributed by atoms with Gasteiger partial charge in [0.25, 0.3) is 0 Å². The van der Waals surface area contributed by atoms with Crippen LogP contribution in [-0.4, -0.2) is 35.1 Å². The molecule has 2 amide bonds. The second-order valence-electron chi connectivity index (χ2n) is 8.60. The van der Waals surface area contributed by atoms with Gasteiger partial charge in [-0.1, -0.05) is 89.4 Å². The Morgan fingerprint density at radius 3 is 2.37 bits per heavy atom. The highest BCUT2D eigenvalue weighted by Gasteiger charge is 2.30. The van der Waals surface area contributed by atoms with Gasteiger partial charge < -0.3 is 10.2 Å². The molecule has 0 fully saturated rings. The summed E-state index contributed by atoms with van der Waals surface area (Å²) < 4.78 is 0.948. The average molecular weight is 554 g/mol. The fourth-order valence-electron chi connectivity index (χ4n) is 3.75. The quantitative estimate of drug-likeness (QED) is 0.209. The van der Waals surface area contributed by atoms with Crippen molar-refractivity contribution in [3.05, 3.63) is 100 Å². The Labute approximate surface area is 221 Å². The smallest absolute Gasteiger partial charge is 0.243 e. The van der Waals surface area contributed by atoms with E-state index in [-0.39, 0.29) is 17.6 Å². The Morgan fingerprint density at radius 2 is 1.69 bits per heavy atom. The van der Waals surface area contributed by atoms with Crippen molar-refractivity contribution >= 4 is 39.5 Å². The first-order valence-corrected chi connectivity index (χ1v) is 13.8. The molecule has 0 heterocycles. The van der Waals surface area contributed by atoms with Gasteiger partial charge in [0.05, 0.1) is 5.75 Å². The fraction of sp³-hybridized carbons (Fsp3) is 0.310. The Hall–Kier alpha value is -2.57. The molecule has 0 bridgehead atoms. The van der Waals surface area contributed by atoms with Gasteiger partial charge in [-0.3, -0.25) is 9.59 Å². The molecule has 6 heteroatoms. The van der Waals surface area contributed by atoms with Crippen LogP contribution in [0.3, 0.4) is 0 Å². The molecule has 4 nitrogen and oxygen atoms in total. The molecule has 0 spiro atoms. The number of nitrogens with one attached hydrogen (secondary N) is 1. The largest absolute Gasteiger partial charge is 0.354 e. The van der Waals surface area contributed by atoms with E-state index in [0.717, 1.165) is 33.3 Å². The van der Waals surface area contributed by atoms with Crippen LogP contribution in [0, 0.1) is 6.92 Å². The third-order valence-electron chi connectivity index (χ3n) is 5.73. The van der Waals surface area contributed by atoms with Crippen molar-refractivity contribution < 1.29 is 9.59 Å².